The molecule has 1 heterocycles. The van der Waals surface area contributed by atoms with Crippen molar-refractivity contribution in [3.8, 4) is 0 Å². The Balaban J connectivity index is 1.69. The van der Waals surface area contributed by atoms with Crippen molar-refractivity contribution in [2.75, 3.05) is 5.75 Å². The summed E-state index contributed by atoms with van der Waals surface area (Å²) in [4.78, 5) is 11.9. The second kappa shape index (κ2) is 7.04. The quantitative estimate of drug-likeness (QED) is 0.899. The van der Waals surface area contributed by atoms with Crippen LogP contribution >= 0.6 is 11.8 Å². The molecular formula is C15H23NO2S. The molecule has 0 aromatic carbocycles. The van der Waals surface area contributed by atoms with E-state index < -0.39 is 0 Å². The Morgan fingerprint density at radius 3 is 3.05 bits per heavy atom. The van der Waals surface area contributed by atoms with E-state index in [-0.39, 0.29) is 5.91 Å². The molecule has 0 bridgehead atoms. The van der Waals surface area contributed by atoms with Gasteiger partial charge in [0.25, 0.3) is 0 Å². The minimum Gasteiger partial charge on any atom is -0.468 e. The van der Waals surface area contributed by atoms with Crippen LogP contribution in [0.3, 0.4) is 0 Å². The lowest BCUT2D eigenvalue weighted by atomic mass is 9.78. The zero-order valence-electron chi connectivity index (χ0n) is 11.7. The zero-order chi connectivity index (χ0) is 13.7. The van der Waals surface area contributed by atoms with E-state index in [9.17, 15) is 4.79 Å². The van der Waals surface area contributed by atoms with E-state index in [1.807, 2.05) is 12.1 Å². The van der Waals surface area contributed by atoms with Gasteiger partial charge in [-0.2, -0.15) is 0 Å². The maximum atomic E-state index is 11.9. The molecule has 106 valence electrons. The molecular weight excluding hydrogens is 258 g/mol. The van der Waals surface area contributed by atoms with Gasteiger partial charge in [0.15, 0.2) is 0 Å². The van der Waals surface area contributed by atoms with Crippen molar-refractivity contribution in [2.24, 2.45) is 11.8 Å². The van der Waals surface area contributed by atoms with Crippen LogP contribution in [0.4, 0.5) is 0 Å². The fraction of sp³-hybridized carbons (Fsp3) is 0.667. The Labute approximate surface area is 119 Å². The van der Waals surface area contributed by atoms with Crippen LogP contribution in [0.2, 0.25) is 0 Å². The maximum absolute atomic E-state index is 11.9. The highest BCUT2D eigenvalue weighted by molar-refractivity contribution is 7.99. The van der Waals surface area contributed by atoms with Gasteiger partial charge in [0.05, 0.1) is 17.8 Å². The third-order valence-electron chi connectivity index (χ3n) is 4.11. The highest BCUT2D eigenvalue weighted by Crippen LogP contribution is 2.29. The average Bonchev–Trinajstić information content (AvgIpc) is 2.88. The summed E-state index contributed by atoms with van der Waals surface area (Å²) in [6.45, 7) is 4.54. The number of hydrogen-bond donors (Lipinski definition) is 1. The molecule has 0 radical (unpaired) electrons. The van der Waals surface area contributed by atoms with Crippen molar-refractivity contribution in [2.45, 2.75) is 44.9 Å². The number of furan rings is 1. The SMILES string of the molecule is CC1CCCC(NC(=O)CSCc2ccco2)C1C. The van der Waals surface area contributed by atoms with Gasteiger partial charge in [-0.1, -0.05) is 26.7 Å². The number of hydrogen-bond acceptors (Lipinski definition) is 3. The van der Waals surface area contributed by atoms with E-state index >= 15 is 0 Å². The Bertz CT molecular complexity index is 391. The summed E-state index contributed by atoms with van der Waals surface area (Å²) in [5, 5.41) is 3.19. The van der Waals surface area contributed by atoms with Gasteiger partial charge in [-0.25, -0.2) is 0 Å². The molecule has 1 N–H and O–H groups in total. The van der Waals surface area contributed by atoms with E-state index in [4.69, 9.17) is 4.42 Å². The Morgan fingerprint density at radius 1 is 1.47 bits per heavy atom. The first-order valence-corrected chi connectivity index (χ1v) is 8.21. The van der Waals surface area contributed by atoms with Crippen molar-refractivity contribution >= 4 is 17.7 Å². The number of nitrogens with one attached hydrogen (secondary N) is 1. The van der Waals surface area contributed by atoms with Gasteiger partial charge in [0.1, 0.15) is 5.76 Å². The van der Waals surface area contributed by atoms with Crippen LogP contribution in [0.15, 0.2) is 22.8 Å². The van der Waals surface area contributed by atoms with Gasteiger partial charge in [0, 0.05) is 6.04 Å². The van der Waals surface area contributed by atoms with Crippen LogP contribution in [0.1, 0.15) is 38.9 Å². The van der Waals surface area contributed by atoms with Gasteiger partial charge in [0.2, 0.25) is 5.91 Å². The van der Waals surface area contributed by atoms with E-state index in [1.165, 1.54) is 12.8 Å². The summed E-state index contributed by atoms with van der Waals surface area (Å²) < 4.78 is 5.24. The van der Waals surface area contributed by atoms with Crippen LogP contribution in [-0.2, 0) is 10.5 Å². The van der Waals surface area contributed by atoms with E-state index in [0.717, 1.165) is 23.9 Å². The molecule has 1 aromatic rings. The maximum Gasteiger partial charge on any atom is 0.230 e. The highest BCUT2D eigenvalue weighted by atomic mass is 32.2. The highest BCUT2D eigenvalue weighted by Gasteiger charge is 2.27. The van der Waals surface area contributed by atoms with Crippen molar-refractivity contribution in [1.82, 2.24) is 5.32 Å². The third-order valence-corrected chi connectivity index (χ3v) is 5.07. The molecule has 1 aromatic heterocycles. The Morgan fingerprint density at radius 2 is 2.32 bits per heavy atom. The number of carbonyl (C=O) groups is 1. The predicted molar refractivity (Wildman–Crippen MR) is 79.0 cm³/mol. The molecule has 1 amide bonds. The molecule has 1 saturated carbocycles. The van der Waals surface area contributed by atoms with Crippen LogP contribution in [0, 0.1) is 11.8 Å². The average molecular weight is 281 g/mol. The monoisotopic (exact) mass is 281 g/mol. The van der Waals surface area contributed by atoms with Crippen molar-refractivity contribution < 1.29 is 9.21 Å². The minimum absolute atomic E-state index is 0.155. The van der Waals surface area contributed by atoms with E-state index in [2.05, 4.69) is 19.2 Å². The van der Waals surface area contributed by atoms with Crippen molar-refractivity contribution in [3.63, 3.8) is 0 Å². The summed E-state index contributed by atoms with van der Waals surface area (Å²) in [5.41, 5.74) is 0. The van der Waals surface area contributed by atoms with E-state index in [0.29, 0.717) is 17.7 Å². The molecule has 1 aliphatic rings. The molecule has 1 fully saturated rings. The third kappa shape index (κ3) is 4.30. The topological polar surface area (TPSA) is 42.2 Å². The first-order valence-electron chi connectivity index (χ1n) is 7.06. The molecule has 0 spiro atoms. The van der Waals surface area contributed by atoms with Gasteiger partial charge >= 0.3 is 0 Å². The second-order valence-electron chi connectivity index (χ2n) is 5.51. The fourth-order valence-corrected chi connectivity index (χ4v) is 3.41. The summed E-state index contributed by atoms with van der Waals surface area (Å²) in [6.07, 6.45) is 5.32. The Hall–Kier alpha value is -0.900. The van der Waals surface area contributed by atoms with Crippen LogP contribution < -0.4 is 5.32 Å². The predicted octanol–water partition coefficient (Wildman–Crippen LogP) is 3.45. The van der Waals surface area contributed by atoms with Crippen LogP contribution in [-0.4, -0.2) is 17.7 Å². The molecule has 3 nitrogen and oxygen atoms in total. The minimum atomic E-state index is 0.155. The standard InChI is InChI=1S/C15H23NO2S/c1-11-5-3-7-14(12(11)2)16-15(17)10-19-9-13-6-4-8-18-13/h4,6,8,11-12,14H,3,5,7,9-10H2,1-2H3,(H,16,17). The van der Waals surface area contributed by atoms with Gasteiger partial charge in [-0.15, -0.1) is 11.8 Å². The fourth-order valence-electron chi connectivity index (χ4n) is 2.67. The summed E-state index contributed by atoms with van der Waals surface area (Å²) in [7, 11) is 0. The van der Waals surface area contributed by atoms with Crippen molar-refractivity contribution in [3.05, 3.63) is 24.2 Å². The van der Waals surface area contributed by atoms with Gasteiger partial charge < -0.3 is 9.73 Å². The van der Waals surface area contributed by atoms with Gasteiger partial charge in [-0.3, -0.25) is 4.79 Å². The second-order valence-corrected chi connectivity index (χ2v) is 6.50. The van der Waals surface area contributed by atoms with Crippen molar-refractivity contribution in [1.29, 1.82) is 0 Å². The lowest BCUT2D eigenvalue weighted by Gasteiger charge is -2.34. The molecule has 19 heavy (non-hydrogen) atoms. The molecule has 1 aliphatic carbocycles. The lowest BCUT2D eigenvalue weighted by Crippen LogP contribution is -2.44. The molecule has 3 atom stereocenters. The molecule has 0 saturated heterocycles. The summed E-state index contributed by atoms with van der Waals surface area (Å²) in [6, 6.07) is 4.18. The normalized spacial score (nSPS) is 27.2. The number of thioether (sulfide) groups is 1. The molecule has 0 aliphatic heterocycles. The molecule has 2 rings (SSSR count). The summed E-state index contributed by atoms with van der Waals surface area (Å²) >= 11 is 1.60. The van der Waals surface area contributed by atoms with Crippen LogP contribution in [0.5, 0.6) is 0 Å². The Kier molecular flexibility index (Phi) is 5.37. The first kappa shape index (κ1) is 14.5. The first-order chi connectivity index (χ1) is 9.16. The lowest BCUT2D eigenvalue weighted by molar-refractivity contribution is -0.119. The number of carbonyl (C=O) groups excluding carboxylic acids is 1. The largest absolute Gasteiger partial charge is 0.468 e. The number of amides is 1. The summed E-state index contributed by atoms with van der Waals surface area (Å²) in [5.74, 6) is 3.66. The zero-order valence-corrected chi connectivity index (χ0v) is 12.5. The van der Waals surface area contributed by atoms with Crippen LogP contribution in [0.25, 0.3) is 0 Å². The molecule has 4 heteroatoms. The van der Waals surface area contributed by atoms with Gasteiger partial charge in [-0.05, 0) is 30.4 Å². The molecule has 3 unspecified atom stereocenters. The number of rotatable bonds is 5. The smallest absolute Gasteiger partial charge is 0.230 e. The van der Waals surface area contributed by atoms with E-state index in [1.54, 1.807) is 18.0 Å².